The van der Waals surface area contributed by atoms with Crippen molar-refractivity contribution in [3.63, 3.8) is 0 Å². The van der Waals surface area contributed by atoms with Crippen molar-refractivity contribution < 1.29 is 8.42 Å². The topological polar surface area (TPSA) is 84.5 Å². The van der Waals surface area contributed by atoms with Gasteiger partial charge in [0.1, 0.15) is 4.21 Å². The van der Waals surface area contributed by atoms with Crippen LogP contribution in [0.3, 0.4) is 0 Å². The van der Waals surface area contributed by atoms with Crippen LogP contribution in [0.1, 0.15) is 18.9 Å². The van der Waals surface area contributed by atoms with E-state index in [9.17, 15) is 8.42 Å². The summed E-state index contributed by atoms with van der Waals surface area (Å²) in [6.45, 7) is 2.01. The minimum atomic E-state index is -3.65. The molecule has 0 aliphatic carbocycles. The third kappa shape index (κ3) is 3.72. The summed E-state index contributed by atoms with van der Waals surface area (Å²) in [4.78, 5) is 4.55. The zero-order valence-electron chi connectivity index (χ0n) is 12.8. The van der Waals surface area contributed by atoms with Gasteiger partial charge in [0.15, 0.2) is 5.17 Å². The van der Waals surface area contributed by atoms with Gasteiger partial charge < -0.3 is 5.73 Å². The number of thiophene rings is 1. The Balaban J connectivity index is 1.90. The van der Waals surface area contributed by atoms with Crippen molar-refractivity contribution in [2.75, 3.05) is 10.5 Å². The van der Waals surface area contributed by atoms with Gasteiger partial charge in [0.25, 0.3) is 10.0 Å². The molecule has 1 aliphatic heterocycles. The van der Waals surface area contributed by atoms with Gasteiger partial charge in [0.2, 0.25) is 0 Å². The molecule has 5 nitrogen and oxygen atoms in total. The number of amidine groups is 1. The van der Waals surface area contributed by atoms with Gasteiger partial charge in [-0.2, -0.15) is 0 Å². The molecule has 1 aliphatic rings. The molecular weight excluding hydrogens is 386 g/mol. The first-order chi connectivity index (χ1) is 11.3. The fraction of sp³-hybridized carbons (Fsp3) is 0.267. The van der Waals surface area contributed by atoms with Crippen molar-refractivity contribution in [2.45, 2.75) is 23.1 Å². The molecule has 0 spiro atoms. The maximum atomic E-state index is 12.4. The number of anilines is 1. The highest BCUT2D eigenvalue weighted by atomic mass is 35.5. The largest absolute Gasteiger partial charge is 0.379 e. The third-order valence-corrected chi connectivity index (χ3v) is 7.65. The zero-order chi connectivity index (χ0) is 17.4. The van der Waals surface area contributed by atoms with Gasteiger partial charge >= 0.3 is 0 Å². The van der Waals surface area contributed by atoms with Crippen LogP contribution in [-0.2, 0) is 15.6 Å². The summed E-state index contributed by atoms with van der Waals surface area (Å²) in [5.41, 5.74) is 6.83. The predicted octanol–water partition coefficient (Wildman–Crippen LogP) is 3.87. The van der Waals surface area contributed by atoms with E-state index in [-0.39, 0.29) is 4.21 Å². The number of thioether (sulfide) groups is 1. The number of nitrogens with zero attached hydrogens (tertiary/aromatic N) is 1. The molecule has 128 valence electrons. The van der Waals surface area contributed by atoms with E-state index >= 15 is 0 Å². The minimum absolute atomic E-state index is 0.181. The van der Waals surface area contributed by atoms with Gasteiger partial charge in [-0.05, 0) is 43.2 Å². The number of hydrogen-bond acceptors (Lipinski definition) is 6. The molecule has 1 unspecified atom stereocenters. The van der Waals surface area contributed by atoms with E-state index in [1.807, 2.05) is 19.1 Å². The molecule has 24 heavy (non-hydrogen) atoms. The van der Waals surface area contributed by atoms with Crippen LogP contribution in [0.4, 0.5) is 5.69 Å². The van der Waals surface area contributed by atoms with Crippen LogP contribution in [-0.4, -0.2) is 19.3 Å². The smallest absolute Gasteiger partial charge is 0.271 e. The number of halogens is 1. The fourth-order valence-electron chi connectivity index (χ4n) is 2.46. The molecule has 1 atom stereocenters. The Morgan fingerprint density at radius 1 is 1.33 bits per heavy atom. The van der Waals surface area contributed by atoms with Crippen molar-refractivity contribution in [1.29, 1.82) is 0 Å². The van der Waals surface area contributed by atoms with Crippen LogP contribution in [0, 0.1) is 0 Å². The van der Waals surface area contributed by atoms with E-state index in [2.05, 4.69) is 9.71 Å². The van der Waals surface area contributed by atoms with Crippen LogP contribution in [0.25, 0.3) is 0 Å². The summed E-state index contributed by atoms with van der Waals surface area (Å²) in [5, 5.41) is 0.558. The monoisotopic (exact) mass is 401 g/mol. The lowest BCUT2D eigenvalue weighted by Gasteiger charge is -2.30. The van der Waals surface area contributed by atoms with E-state index in [0.717, 1.165) is 29.1 Å². The lowest BCUT2D eigenvalue weighted by Crippen LogP contribution is -2.28. The molecular formula is C15H16ClN3O2S3. The first-order valence-electron chi connectivity index (χ1n) is 7.15. The number of benzene rings is 1. The Bertz CT molecular complexity index is 895. The van der Waals surface area contributed by atoms with Crippen LogP contribution >= 0.6 is 34.7 Å². The number of aliphatic imine (C=N–C) groups is 1. The number of rotatable bonds is 4. The Morgan fingerprint density at radius 3 is 2.79 bits per heavy atom. The van der Waals surface area contributed by atoms with Crippen LogP contribution in [0.5, 0.6) is 0 Å². The van der Waals surface area contributed by atoms with Gasteiger partial charge in [-0.15, -0.1) is 11.3 Å². The molecule has 2 heterocycles. The number of nitrogens with one attached hydrogen (secondary N) is 1. The van der Waals surface area contributed by atoms with Gasteiger partial charge in [-0.1, -0.05) is 35.5 Å². The number of nitrogens with two attached hydrogens (primary N) is 1. The Kier molecular flexibility index (Phi) is 4.83. The second-order valence-electron chi connectivity index (χ2n) is 5.57. The Morgan fingerprint density at radius 2 is 2.12 bits per heavy atom. The van der Waals surface area contributed by atoms with E-state index in [4.69, 9.17) is 17.3 Å². The van der Waals surface area contributed by atoms with E-state index in [0.29, 0.717) is 15.2 Å². The van der Waals surface area contributed by atoms with Crippen LogP contribution in [0.15, 0.2) is 45.6 Å². The fourth-order valence-corrected chi connectivity index (χ4v) is 5.97. The van der Waals surface area contributed by atoms with Crippen molar-refractivity contribution in [2.24, 2.45) is 10.7 Å². The summed E-state index contributed by atoms with van der Waals surface area (Å²) in [5.74, 6) is 0.884. The zero-order valence-corrected chi connectivity index (χ0v) is 16.0. The molecule has 0 bridgehead atoms. The molecule has 9 heteroatoms. The number of sulfonamides is 1. The third-order valence-electron chi connectivity index (χ3n) is 3.75. The summed E-state index contributed by atoms with van der Waals surface area (Å²) in [7, 11) is -3.65. The van der Waals surface area contributed by atoms with Crippen molar-refractivity contribution >= 4 is 55.6 Å². The molecule has 0 saturated heterocycles. The van der Waals surface area contributed by atoms with Crippen LogP contribution in [0.2, 0.25) is 4.34 Å². The van der Waals surface area contributed by atoms with Crippen LogP contribution < -0.4 is 10.5 Å². The highest BCUT2D eigenvalue weighted by Crippen LogP contribution is 2.36. The molecule has 3 N–H and O–H groups in total. The van der Waals surface area contributed by atoms with Gasteiger partial charge in [-0.25, -0.2) is 8.42 Å². The second-order valence-corrected chi connectivity index (χ2v) is 10.3. The maximum Gasteiger partial charge on any atom is 0.271 e. The SMILES string of the molecule is CC1(c2cccc(NS(=O)(=O)c3ccc(Cl)s3)c2)CCSC(N)=N1. The molecule has 3 rings (SSSR count). The Labute approximate surface area is 154 Å². The summed E-state index contributed by atoms with van der Waals surface area (Å²) in [6.07, 6.45) is 0.842. The maximum absolute atomic E-state index is 12.4. The molecule has 1 aromatic carbocycles. The van der Waals surface area contributed by atoms with Crippen molar-refractivity contribution in [3.8, 4) is 0 Å². The first kappa shape index (κ1) is 17.6. The number of hydrogen-bond donors (Lipinski definition) is 2. The predicted molar refractivity (Wildman–Crippen MR) is 103 cm³/mol. The standard InChI is InChI=1S/C15H16ClN3O2S3/c1-15(7-8-22-14(17)18-15)10-3-2-4-11(9-10)19-24(20,21)13-6-5-12(16)23-13/h2-6,9,19H,7-8H2,1H3,(H2,17,18). The van der Waals surface area contributed by atoms with Crippen molar-refractivity contribution in [1.82, 2.24) is 0 Å². The molecule has 2 aromatic rings. The molecule has 0 amide bonds. The van der Waals surface area contributed by atoms with Crippen molar-refractivity contribution in [3.05, 3.63) is 46.3 Å². The highest BCUT2D eigenvalue weighted by molar-refractivity contribution is 8.13. The van der Waals surface area contributed by atoms with Gasteiger partial charge in [0.05, 0.1) is 9.88 Å². The van der Waals surface area contributed by atoms with E-state index < -0.39 is 15.6 Å². The van der Waals surface area contributed by atoms with E-state index in [1.165, 1.54) is 17.8 Å². The molecule has 0 radical (unpaired) electrons. The normalized spacial score (nSPS) is 21.3. The second kappa shape index (κ2) is 6.59. The minimum Gasteiger partial charge on any atom is -0.379 e. The first-order valence-corrected chi connectivity index (χ1v) is 10.8. The highest BCUT2D eigenvalue weighted by Gasteiger charge is 2.29. The lowest BCUT2D eigenvalue weighted by atomic mass is 9.89. The molecule has 0 saturated carbocycles. The Hall–Kier alpha value is -1.22. The molecule has 1 aromatic heterocycles. The summed E-state index contributed by atoms with van der Waals surface area (Å²) >= 11 is 8.38. The summed E-state index contributed by atoms with van der Waals surface area (Å²) in [6, 6.07) is 10.3. The van der Waals surface area contributed by atoms with E-state index in [1.54, 1.807) is 18.2 Å². The average molecular weight is 402 g/mol. The summed E-state index contributed by atoms with van der Waals surface area (Å²) < 4.78 is 28.1. The van der Waals surface area contributed by atoms with Gasteiger partial charge in [0, 0.05) is 11.4 Å². The average Bonchev–Trinajstić information content (AvgIpc) is 2.94. The quantitative estimate of drug-likeness (QED) is 0.814. The lowest BCUT2D eigenvalue weighted by molar-refractivity contribution is 0.482. The molecule has 0 fully saturated rings. The van der Waals surface area contributed by atoms with Gasteiger partial charge in [-0.3, -0.25) is 9.71 Å².